The SMILES string of the molecule is CC(=O)N[C@@H]1CC[C@@H](C(F)(F)F)N(C(=O)c2ccc(C#N)cn2)C1. The summed E-state index contributed by atoms with van der Waals surface area (Å²) in [6, 6.07) is 1.89. The van der Waals surface area contributed by atoms with Crippen molar-refractivity contribution in [3.63, 3.8) is 0 Å². The van der Waals surface area contributed by atoms with Gasteiger partial charge in [0.05, 0.1) is 5.56 Å². The van der Waals surface area contributed by atoms with E-state index in [1.807, 2.05) is 6.07 Å². The van der Waals surface area contributed by atoms with Gasteiger partial charge in [-0.05, 0) is 25.0 Å². The second-order valence-corrected chi connectivity index (χ2v) is 5.53. The van der Waals surface area contributed by atoms with Crippen molar-refractivity contribution >= 4 is 11.8 Å². The number of aromatic nitrogens is 1. The monoisotopic (exact) mass is 340 g/mol. The minimum atomic E-state index is -4.57. The number of pyridine rings is 1. The molecule has 1 fully saturated rings. The van der Waals surface area contributed by atoms with Crippen LogP contribution in [0.25, 0.3) is 0 Å². The van der Waals surface area contributed by atoms with Crippen LogP contribution in [-0.2, 0) is 4.79 Å². The van der Waals surface area contributed by atoms with E-state index in [1.54, 1.807) is 0 Å². The maximum atomic E-state index is 13.2. The van der Waals surface area contributed by atoms with E-state index < -0.39 is 24.2 Å². The molecule has 9 heteroatoms. The molecule has 0 radical (unpaired) electrons. The highest BCUT2D eigenvalue weighted by Gasteiger charge is 2.48. The average Bonchev–Trinajstić information content (AvgIpc) is 2.52. The van der Waals surface area contributed by atoms with Crippen LogP contribution in [0.4, 0.5) is 13.2 Å². The van der Waals surface area contributed by atoms with E-state index in [2.05, 4.69) is 10.3 Å². The molecule has 24 heavy (non-hydrogen) atoms. The molecule has 1 aromatic heterocycles. The van der Waals surface area contributed by atoms with Crippen LogP contribution in [0.2, 0.25) is 0 Å². The first kappa shape index (κ1) is 17.7. The fraction of sp³-hybridized carbons (Fsp3) is 0.467. The number of rotatable bonds is 2. The average molecular weight is 340 g/mol. The Morgan fingerprint density at radius 2 is 2.08 bits per heavy atom. The van der Waals surface area contributed by atoms with Crippen LogP contribution in [0.15, 0.2) is 18.3 Å². The fourth-order valence-corrected chi connectivity index (χ4v) is 2.67. The predicted molar refractivity (Wildman–Crippen MR) is 76.7 cm³/mol. The van der Waals surface area contributed by atoms with Gasteiger partial charge in [-0.25, -0.2) is 4.98 Å². The van der Waals surface area contributed by atoms with Gasteiger partial charge in [0, 0.05) is 25.7 Å². The molecule has 128 valence electrons. The Balaban J connectivity index is 2.26. The number of piperidine rings is 1. The Kier molecular flexibility index (Phi) is 5.07. The van der Waals surface area contributed by atoms with Crippen LogP contribution < -0.4 is 5.32 Å². The zero-order chi connectivity index (χ0) is 17.9. The van der Waals surface area contributed by atoms with Crippen molar-refractivity contribution in [1.82, 2.24) is 15.2 Å². The van der Waals surface area contributed by atoms with Crippen LogP contribution in [0.1, 0.15) is 35.8 Å². The molecule has 6 nitrogen and oxygen atoms in total. The molecular formula is C15H15F3N4O2. The zero-order valence-electron chi connectivity index (χ0n) is 12.8. The minimum Gasteiger partial charge on any atom is -0.352 e. The first-order valence-electron chi connectivity index (χ1n) is 7.23. The van der Waals surface area contributed by atoms with Gasteiger partial charge in [0.2, 0.25) is 5.91 Å². The van der Waals surface area contributed by atoms with Gasteiger partial charge >= 0.3 is 6.18 Å². The summed E-state index contributed by atoms with van der Waals surface area (Å²) in [7, 11) is 0. The quantitative estimate of drug-likeness (QED) is 0.886. The third-order valence-electron chi connectivity index (χ3n) is 3.74. The van der Waals surface area contributed by atoms with Gasteiger partial charge in [-0.3, -0.25) is 9.59 Å². The van der Waals surface area contributed by atoms with Crippen molar-refractivity contribution < 1.29 is 22.8 Å². The molecule has 1 saturated heterocycles. The number of halogens is 3. The fourth-order valence-electron chi connectivity index (χ4n) is 2.67. The summed E-state index contributed by atoms with van der Waals surface area (Å²) in [6.07, 6.45) is -3.60. The number of nitrogens with zero attached hydrogens (tertiary/aromatic N) is 3. The lowest BCUT2D eigenvalue weighted by Crippen LogP contribution is -2.58. The Hall–Kier alpha value is -2.63. The summed E-state index contributed by atoms with van der Waals surface area (Å²) >= 11 is 0. The lowest BCUT2D eigenvalue weighted by atomic mass is 9.97. The van der Waals surface area contributed by atoms with Crippen molar-refractivity contribution in [2.24, 2.45) is 0 Å². The van der Waals surface area contributed by atoms with Gasteiger partial charge in [0.25, 0.3) is 5.91 Å². The van der Waals surface area contributed by atoms with Crippen LogP contribution in [0, 0.1) is 11.3 Å². The van der Waals surface area contributed by atoms with Gasteiger partial charge in [-0.2, -0.15) is 18.4 Å². The number of nitriles is 1. The first-order valence-corrected chi connectivity index (χ1v) is 7.23. The van der Waals surface area contributed by atoms with E-state index in [4.69, 9.17) is 5.26 Å². The number of alkyl halides is 3. The maximum absolute atomic E-state index is 13.2. The number of hydrogen-bond acceptors (Lipinski definition) is 4. The van der Waals surface area contributed by atoms with E-state index in [0.29, 0.717) is 4.90 Å². The molecule has 1 aliphatic heterocycles. The van der Waals surface area contributed by atoms with Crippen LogP contribution in [0.3, 0.4) is 0 Å². The number of nitrogens with one attached hydrogen (secondary N) is 1. The molecule has 0 unspecified atom stereocenters. The van der Waals surface area contributed by atoms with Crippen LogP contribution in [0.5, 0.6) is 0 Å². The molecule has 0 spiro atoms. The standard InChI is InChI=1S/C15H15F3N4O2/c1-9(23)21-11-3-5-13(15(16,17)18)22(8-11)14(24)12-4-2-10(6-19)7-20-12/h2,4,7,11,13H,3,5,8H2,1H3,(H,21,23)/t11-,13+/m1/s1. The third-order valence-corrected chi connectivity index (χ3v) is 3.74. The van der Waals surface area contributed by atoms with E-state index in [0.717, 1.165) is 6.20 Å². The number of hydrogen-bond donors (Lipinski definition) is 1. The Morgan fingerprint density at radius 3 is 2.58 bits per heavy atom. The molecule has 1 aromatic rings. The highest BCUT2D eigenvalue weighted by molar-refractivity contribution is 5.92. The molecule has 2 heterocycles. The lowest BCUT2D eigenvalue weighted by molar-refractivity contribution is -0.184. The summed E-state index contributed by atoms with van der Waals surface area (Å²) in [5.74, 6) is -1.24. The summed E-state index contributed by atoms with van der Waals surface area (Å²) in [5.41, 5.74) is 0.0282. The number of amides is 2. The van der Waals surface area contributed by atoms with E-state index in [-0.39, 0.29) is 36.6 Å². The highest BCUT2D eigenvalue weighted by atomic mass is 19.4. The summed E-state index contributed by atoms with van der Waals surface area (Å²) < 4.78 is 39.7. The molecule has 0 bridgehead atoms. The van der Waals surface area contributed by atoms with Gasteiger partial charge in [-0.1, -0.05) is 0 Å². The van der Waals surface area contributed by atoms with E-state index >= 15 is 0 Å². The maximum Gasteiger partial charge on any atom is 0.408 e. The highest BCUT2D eigenvalue weighted by Crippen LogP contribution is 2.32. The summed E-state index contributed by atoms with van der Waals surface area (Å²) in [5, 5.41) is 11.3. The molecular weight excluding hydrogens is 325 g/mol. The smallest absolute Gasteiger partial charge is 0.352 e. The first-order chi connectivity index (χ1) is 11.2. The lowest BCUT2D eigenvalue weighted by Gasteiger charge is -2.40. The minimum absolute atomic E-state index is 0.133. The van der Waals surface area contributed by atoms with E-state index in [1.165, 1.54) is 19.1 Å². The Labute approximate surface area is 136 Å². The molecule has 1 aliphatic rings. The topological polar surface area (TPSA) is 86.1 Å². The predicted octanol–water partition coefficient (Wildman–Crippen LogP) is 1.62. The summed E-state index contributed by atoms with van der Waals surface area (Å²) in [6.45, 7) is 1.02. The van der Waals surface area contributed by atoms with Crippen LogP contribution >= 0.6 is 0 Å². The van der Waals surface area contributed by atoms with Crippen molar-refractivity contribution in [1.29, 1.82) is 5.26 Å². The van der Waals surface area contributed by atoms with Crippen LogP contribution in [-0.4, -0.2) is 46.5 Å². The normalized spacial score (nSPS) is 21.0. The van der Waals surface area contributed by atoms with Crippen molar-refractivity contribution in [3.8, 4) is 6.07 Å². The third kappa shape index (κ3) is 4.01. The number of likely N-dealkylation sites (tertiary alicyclic amines) is 1. The van der Waals surface area contributed by atoms with Crippen molar-refractivity contribution in [2.75, 3.05) is 6.54 Å². The van der Waals surface area contributed by atoms with Crippen molar-refractivity contribution in [3.05, 3.63) is 29.6 Å². The van der Waals surface area contributed by atoms with Gasteiger partial charge in [-0.15, -0.1) is 0 Å². The molecule has 2 rings (SSSR count). The molecule has 0 aromatic carbocycles. The number of carbonyl (C=O) groups is 2. The molecule has 1 N–H and O–H groups in total. The molecule has 2 atom stereocenters. The molecule has 0 aliphatic carbocycles. The Morgan fingerprint density at radius 1 is 1.38 bits per heavy atom. The van der Waals surface area contributed by atoms with Gasteiger partial charge < -0.3 is 10.2 Å². The molecule has 2 amide bonds. The zero-order valence-corrected chi connectivity index (χ0v) is 12.8. The largest absolute Gasteiger partial charge is 0.408 e. The van der Waals surface area contributed by atoms with E-state index in [9.17, 15) is 22.8 Å². The van der Waals surface area contributed by atoms with Gasteiger partial charge in [0.1, 0.15) is 17.8 Å². The van der Waals surface area contributed by atoms with Gasteiger partial charge in [0.15, 0.2) is 0 Å². The second kappa shape index (κ2) is 6.86. The second-order valence-electron chi connectivity index (χ2n) is 5.53. The Bertz CT molecular complexity index is 667. The van der Waals surface area contributed by atoms with Crippen molar-refractivity contribution in [2.45, 2.75) is 38.0 Å². The number of carbonyl (C=O) groups excluding carboxylic acids is 2. The molecule has 0 saturated carbocycles. The summed E-state index contributed by atoms with van der Waals surface area (Å²) in [4.78, 5) is 28.0.